The van der Waals surface area contributed by atoms with E-state index in [4.69, 9.17) is 28.5 Å². The molecule has 0 fully saturated rings. The lowest BCUT2D eigenvalue weighted by Crippen LogP contribution is -2.00. The number of halogens is 2. The molecule has 5 heteroatoms. The summed E-state index contributed by atoms with van der Waals surface area (Å²) >= 11 is 11.7. The van der Waals surface area contributed by atoms with Gasteiger partial charge in [0.1, 0.15) is 11.8 Å². The van der Waals surface area contributed by atoms with Gasteiger partial charge in [0, 0.05) is 22.8 Å². The summed E-state index contributed by atoms with van der Waals surface area (Å²) in [5.74, 6) is 0.173. The van der Waals surface area contributed by atoms with E-state index >= 15 is 0 Å². The molecule has 0 bridgehead atoms. The van der Waals surface area contributed by atoms with Gasteiger partial charge in [-0.25, -0.2) is 0 Å². The summed E-state index contributed by atoms with van der Waals surface area (Å²) in [6.07, 6.45) is 0. The van der Waals surface area contributed by atoms with Gasteiger partial charge in [-0.2, -0.15) is 5.26 Å². The molecule has 2 aromatic carbocycles. The van der Waals surface area contributed by atoms with E-state index in [1.807, 2.05) is 6.07 Å². The maximum absolute atomic E-state index is 9.69. The molecule has 0 aliphatic rings. The van der Waals surface area contributed by atoms with Gasteiger partial charge < -0.3 is 10.4 Å². The van der Waals surface area contributed by atoms with Gasteiger partial charge in [0.2, 0.25) is 0 Å². The minimum Gasteiger partial charge on any atom is -0.508 e. The SMILES string of the molecule is N#Cc1cc(NCc2cc(Cl)ccc2O)ccc1Cl. The molecule has 0 spiro atoms. The third-order valence-corrected chi connectivity index (χ3v) is 3.18. The number of hydrogen-bond donors (Lipinski definition) is 2. The van der Waals surface area contributed by atoms with E-state index in [2.05, 4.69) is 5.32 Å². The summed E-state index contributed by atoms with van der Waals surface area (Å²) in [5.41, 5.74) is 1.84. The molecule has 2 rings (SSSR count). The quantitative estimate of drug-likeness (QED) is 0.892. The Morgan fingerprint density at radius 2 is 1.95 bits per heavy atom. The monoisotopic (exact) mass is 292 g/mol. The van der Waals surface area contributed by atoms with Crippen LogP contribution in [0.15, 0.2) is 36.4 Å². The highest BCUT2D eigenvalue weighted by Crippen LogP contribution is 2.24. The zero-order valence-corrected chi connectivity index (χ0v) is 11.3. The summed E-state index contributed by atoms with van der Waals surface area (Å²) in [5, 5.41) is 22.7. The van der Waals surface area contributed by atoms with Crippen LogP contribution in [0.1, 0.15) is 11.1 Å². The third-order valence-electron chi connectivity index (χ3n) is 2.61. The minimum atomic E-state index is 0.173. The predicted molar refractivity (Wildman–Crippen MR) is 76.6 cm³/mol. The fourth-order valence-electron chi connectivity index (χ4n) is 1.61. The fraction of sp³-hybridized carbons (Fsp3) is 0.0714. The van der Waals surface area contributed by atoms with Crippen LogP contribution >= 0.6 is 23.2 Å². The Kier molecular flexibility index (Phi) is 4.16. The van der Waals surface area contributed by atoms with Gasteiger partial charge in [0.15, 0.2) is 0 Å². The fourth-order valence-corrected chi connectivity index (χ4v) is 1.97. The van der Waals surface area contributed by atoms with Crippen LogP contribution in [0.2, 0.25) is 10.0 Å². The zero-order chi connectivity index (χ0) is 13.8. The Morgan fingerprint density at radius 3 is 2.68 bits per heavy atom. The number of nitrogens with zero attached hydrogens (tertiary/aromatic N) is 1. The molecule has 3 nitrogen and oxygen atoms in total. The lowest BCUT2D eigenvalue weighted by molar-refractivity contribution is 0.469. The Morgan fingerprint density at radius 1 is 1.16 bits per heavy atom. The van der Waals surface area contributed by atoms with Crippen LogP contribution in [-0.4, -0.2) is 5.11 Å². The van der Waals surface area contributed by atoms with Crippen LogP contribution in [-0.2, 0) is 6.54 Å². The predicted octanol–water partition coefficient (Wildman–Crippen LogP) is 4.18. The van der Waals surface area contributed by atoms with E-state index in [1.165, 1.54) is 0 Å². The summed E-state index contributed by atoms with van der Waals surface area (Å²) in [6, 6.07) is 11.9. The van der Waals surface area contributed by atoms with E-state index < -0.39 is 0 Å². The minimum absolute atomic E-state index is 0.173. The van der Waals surface area contributed by atoms with E-state index in [0.717, 1.165) is 5.69 Å². The Labute approximate surface area is 121 Å². The van der Waals surface area contributed by atoms with Crippen molar-refractivity contribution in [2.75, 3.05) is 5.32 Å². The summed E-state index contributed by atoms with van der Waals surface area (Å²) in [6.45, 7) is 0.402. The second kappa shape index (κ2) is 5.83. The first-order valence-electron chi connectivity index (χ1n) is 5.51. The zero-order valence-electron chi connectivity index (χ0n) is 9.82. The van der Waals surface area contributed by atoms with E-state index in [9.17, 15) is 5.11 Å². The number of phenolic OH excluding ortho intramolecular Hbond substituents is 1. The Bertz CT molecular complexity index is 650. The molecule has 0 aliphatic heterocycles. The topological polar surface area (TPSA) is 56.0 Å². The largest absolute Gasteiger partial charge is 0.508 e. The summed E-state index contributed by atoms with van der Waals surface area (Å²) in [7, 11) is 0. The third kappa shape index (κ3) is 3.31. The average Bonchev–Trinajstić information content (AvgIpc) is 2.41. The highest BCUT2D eigenvalue weighted by atomic mass is 35.5. The number of nitriles is 1. The van der Waals surface area contributed by atoms with E-state index in [0.29, 0.717) is 27.7 Å². The molecule has 19 heavy (non-hydrogen) atoms. The van der Waals surface area contributed by atoms with Crippen molar-refractivity contribution in [2.24, 2.45) is 0 Å². The highest BCUT2D eigenvalue weighted by molar-refractivity contribution is 6.31. The lowest BCUT2D eigenvalue weighted by Gasteiger charge is -2.09. The van der Waals surface area contributed by atoms with Crippen LogP contribution in [0.5, 0.6) is 5.75 Å². The molecule has 0 amide bonds. The molecule has 0 saturated carbocycles. The van der Waals surface area contributed by atoms with Crippen molar-refractivity contribution < 1.29 is 5.11 Å². The van der Waals surface area contributed by atoms with E-state index in [1.54, 1.807) is 36.4 Å². The number of rotatable bonds is 3. The van der Waals surface area contributed by atoms with Gasteiger partial charge in [-0.3, -0.25) is 0 Å². The van der Waals surface area contributed by atoms with Gasteiger partial charge in [0.05, 0.1) is 10.6 Å². The van der Waals surface area contributed by atoms with Crippen LogP contribution in [0.3, 0.4) is 0 Å². The first-order chi connectivity index (χ1) is 9.10. The van der Waals surface area contributed by atoms with Crippen molar-refractivity contribution in [3.63, 3.8) is 0 Å². The normalized spacial score (nSPS) is 9.95. The van der Waals surface area contributed by atoms with Crippen molar-refractivity contribution in [3.05, 3.63) is 57.6 Å². The van der Waals surface area contributed by atoms with Crippen LogP contribution in [0.4, 0.5) is 5.69 Å². The molecular weight excluding hydrogens is 283 g/mol. The standard InChI is InChI=1S/C14H10Cl2N2O/c15-11-1-4-14(19)10(5-11)8-18-12-2-3-13(16)9(6-12)7-17/h1-6,18-19H,8H2. The first-order valence-corrected chi connectivity index (χ1v) is 6.26. The molecule has 0 aliphatic carbocycles. The molecule has 0 saturated heterocycles. The molecule has 0 radical (unpaired) electrons. The number of benzene rings is 2. The van der Waals surface area contributed by atoms with Gasteiger partial charge in [-0.1, -0.05) is 23.2 Å². The van der Waals surface area contributed by atoms with Crippen molar-refractivity contribution in [1.82, 2.24) is 0 Å². The maximum atomic E-state index is 9.69. The van der Waals surface area contributed by atoms with Crippen LogP contribution < -0.4 is 5.32 Å². The molecule has 2 N–H and O–H groups in total. The Balaban J connectivity index is 2.15. The number of aromatic hydroxyl groups is 1. The van der Waals surface area contributed by atoms with Crippen LogP contribution in [0, 0.1) is 11.3 Å². The van der Waals surface area contributed by atoms with E-state index in [-0.39, 0.29) is 5.75 Å². The molecule has 0 aromatic heterocycles. The van der Waals surface area contributed by atoms with Gasteiger partial charge in [-0.15, -0.1) is 0 Å². The summed E-state index contributed by atoms with van der Waals surface area (Å²) < 4.78 is 0. The number of hydrogen-bond acceptors (Lipinski definition) is 3. The Hall–Kier alpha value is -1.89. The summed E-state index contributed by atoms with van der Waals surface area (Å²) in [4.78, 5) is 0. The highest BCUT2D eigenvalue weighted by Gasteiger charge is 2.04. The smallest absolute Gasteiger partial charge is 0.120 e. The lowest BCUT2D eigenvalue weighted by atomic mass is 10.2. The van der Waals surface area contributed by atoms with Gasteiger partial charge in [0.25, 0.3) is 0 Å². The van der Waals surface area contributed by atoms with Crippen molar-refractivity contribution in [1.29, 1.82) is 5.26 Å². The number of nitrogens with one attached hydrogen (secondary N) is 1. The van der Waals surface area contributed by atoms with Crippen molar-refractivity contribution >= 4 is 28.9 Å². The second-order valence-electron chi connectivity index (χ2n) is 3.93. The molecular formula is C14H10Cl2N2O. The average molecular weight is 293 g/mol. The number of phenols is 1. The molecule has 0 atom stereocenters. The molecule has 2 aromatic rings. The molecule has 96 valence electrons. The van der Waals surface area contributed by atoms with Crippen LogP contribution in [0.25, 0.3) is 0 Å². The second-order valence-corrected chi connectivity index (χ2v) is 4.78. The number of anilines is 1. The molecule has 0 unspecified atom stereocenters. The molecule has 0 heterocycles. The van der Waals surface area contributed by atoms with Gasteiger partial charge in [-0.05, 0) is 36.4 Å². The maximum Gasteiger partial charge on any atom is 0.120 e. The van der Waals surface area contributed by atoms with Crippen molar-refractivity contribution in [3.8, 4) is 11.8 Å². The van der Waals surface area contributed by atoms with Crippen molar-refractivity contribution in [2.45, 2.75) is 6.54 Å². The van der Waals surface area contributed by atoms with Gasteiger partial charge >= 0.3 is 0 Å². The first kappa shape index (κ1) is 13.5.